The summed E-state index contributed by atoms with van der Waals surface area (Å²) in [5, 5.41) is 10.8. The number of carbonyl (C=O) groups excluding carboxylic acids is 1. The SMILES string of the molecule is COc1cc(C(=O)CN)cc([N+](=O)[O-])c1OC. The molecule has 0 radical (unpaired) electrons. The van der Waals surface area contributed by atoms with E-state index in [9.17, 15) is 14.9 Å². The maximum Gasteiger partial charge on any atom is 0.315 e. The zero-order chi connectivity index (χ0) is 13.0. The van der Waals surface area contributed by atoms with Gasteiger partial charge in [-0.1, -0.05) is 0 Å². The van der Waals surface area contributed by atoms with Crippen molar-refractivity contribution >= 4 is 11.5 Å². The molecule has 0 saturated heterocycles. The lowest BCUT2D eigenvalue weighted by Gasteiger charge is -2.09. The number of nitro benzene ring substituents is 1. The van der Waals surface area contributed by atoms with Crippen LogP contribution in [0.15, 0.2) is 12.1 Å². The molecule has 0 aliphatic carbocycles. The lowest BCUT2D eigenvalue weighted by Crippen LogP contribution is -2.14. The van der Waals surface area contributed by atoms with Crippen molar-refractivity contribution in [2.75, 3.05) is 20.8 Å². The molecule has 0 aliphatic rings. The molecule has 1 aromatic rings. The Hall–Kier alpha value is -2.15. The Morgan fingerprint density at radius 1 is 1.41 bits per heavy atom. The Morgan fingerprint density at radius 2 is 2.06 bits per heavy atom. The predicted molar refractivity (Wildman–Crippen MR) is 59.6 cm³/mol. The lowest BCUT2D eigenvalue weighted by atomic mass is 10.1. The molecule has 1 aromatic carbocycles. The topological polar surface area (TPSA) is 105 Å². The number of methoxy groups -OCH3 is 2. The van der Waals surface area contributed by atoms with Crippen LogP contribution in [0.5, 0.6) is 11.5 Å². The molecule has 0 unspecified atom stereocenters. The van der Waals surface area contributed by atoms with Gasteiger partial charge in [0.25, 0.3) is 0 Å². The van der Waals surface area contributed by atoms with E-state index in [0.717, 1.165) is 6.07 Å². The second-order valence-corrected chi connectivity index (χ2v) is 3.12. The molecule has 0 amide bonds. The number of hydrogen-bond acceptors (Lipinski definition) is 6. The van der Waals surface area contributed by atoms with Gasteiger partial charge in [-0.15, -0.1) is 0 Å². The molecule has 0 aliphatic heterocycles. The fraction of sp³-hybridized carbons (Fsp3) is 0.300. The van der Waals surface area contributed by atoms with E-state index >= 15 is 0 Å². The van der Waals surface area contributed by atoms with Gasteiger partial charge in [-0.3, -0.25) is 14.9 Å². The van der Waals surface area contributed by atoms with E-state index in [2.05, 4.69) is 0 Å². The number of benzene rings is 1. The number of ether oxygens (including phenoxy) is 2. The highest BCUT2D eigenvalue weighted by Crippen LogP contribution is 2.37. The molecule has 92 valence electrons. The molecule has 0 heterocycles. The summed E-state index contributed by atoms with van der Waals surface area (Å²) in [5.41, 5.74) is 4.99. The van der Waals surface area contributed by atoms with Crippen molar-refractivity contribution in [1.29, 1.82) is 0 Å². The van der Waals surface area contributed by atoms with E-state index in [1.807, 2.05) is 0 Å². The summed E-state index contributed by atoms with van der Waals surface area (Å²) in [7, 11) is 2.62. The fourth-order valence-corrected chi connectivity index (χ4v) is 1.36. The average Bonchev–Trinajstić information content (AvgIpc) is 2.35. The number of nitro groups is 1. The summed E-state index contributed by atoms with van der Waals surface area (Å²) >= 11 is 0. The Labute approximate surface area is 97.3 Å². The van der Waals surface area contributed by atoms with E-state index in [1.165, 1.54) is 20.3 Å². The number of Topliss-reactive ketones (excluding diaryl/α,β-unsaturated/α-hetero) is 1. The van der Waals surface area contributed by atoms with E-state index in [0.29, 0.717) is 0 Å². The first-order valence-electron chi connectivity index (χ1n) is 4.68. The number of rotatable bonds is 5. The lowest BCUT2D eigenvalue weighted by molar-refractivity contribution is -0.385. The highest BCUT2D eigenvalue weighted by Gasteiger charge is 2.23. The Bertz CT molecular complexity index is 458. The first kappa shape index (κ1) is 12.9. The Balaban J connectivity index is 3.45. The van der Waals surface area contributed by atoms with Crippen molar-refractivity contribution in [3.63, 3.8) is 0 Å². The minimum absolute atomic E-state index is 0.0222. The monoisotopic (exact) mass is 240 g/mol. The van der Waals surface area contributed by atoms with Crippen LogP contribution in [0.4, 0.5) is 5.69 Å². The summed E-state index contributed by atoms with van der Waals surface area (Å²) in [4.78, 5) is 21.6. The molecular weight excluding hydrogens is 228 g/mol. The van der Waals surface area contributed by atoms with Crippen LogP contribution >= 0.6 is 0 Å². The van der Waals surface area contributed by atoms with E-state index in [1.54, 1.807) is 0 Å². The van der Waals surface area contributed by atoms with Crippen molar-refractivity contribution < 1.29 is 19.2 Å². The summed E-state index contributed by atoms with van der Waals surface area (Å²) in [6.45, 7) is -0.230. The van der Waals surface area contributed by atoms with Gasteiger partial charge in [0, 0.05) is 11.6 Å². The quantitative estimate of drug-likeness (QED) is 0.462. The summed E-state index contributed by atoms with van der Waals surface area (Å²) in [6.07, 6.45) is 0. The van der Waals surface area contributed by atoms with Gasteiger partial charge in [0.2, 0.25) is 5.75 Å². The van der Waals surface area contributed by atoms with E-state index < -0.39 is 10.7 Å². The van der Waals surface area contributed by atoms with Gasteiger partial charge in [-0.2, -0.15) is 0 Å². The third-order valence-corrected chi connectivity index (χ3v) is 2.16. The van der Waals surface area contributed by atoms with Gasteiger partial charge >= 0.3 is 5.69 Å². The second kappa shape index (κ2) is 5.26. The highest BCUT2D eigenvalue weighted by atomic mass is 16.6. The molecule has 1 rings (SSSR count). The van der Waals surface area contributed by atoms with Crippen LogP contribution in [0.25, 0.3) is 0 Å². The second-order valence-electron chi connectivity index (χ2n) is 3.12. The first-order chi connectivity index (χ1) is 8.04. The van der Waals surface area contributed by atoms with Gasteiger partial charge in [0.15, 0.2) is 11.5 Å². The molecule has 0 aromatic heterocycles. The van der Waals surface area contributed by atoms with Crippen molar-refractivity contribution in [3.05, 3.63) is 27.8 Å². The molecule has 2 N–H and O–H groups in total. The third kappa shape index (κ3) is 2.51. The highest BCUT2D eigenvalue weighted by molar-refractivity contribution is 5.99. The smallest absolute Gasteiger partial charge is 0.315 e. The summed E-state index contributed by atoms with van der Waals surface area (Å²) in [5.74, 6) is -0.307. The van der Waals surface area contributed by atoms with Crippen molar-refractivity contribution in [2.24, 2.45) is 5.73 Å². The van der Waals surface area contributed by atoms with E-state index in [4.69, 9.17) is 15.2 Å². The number of nitrogens with zero attached hydrogens (tertiary/aromatic N) is 1. The van der Waals surface area contributed by atoms with Gasteiger partial charge in [-0.25, -0.2) is 0 Å². The normalized spacial score (nSPS) is 9.82. The van der Waals surface area contributed by atoms with Crippen molar-refractivity contribution in [1.82, 2.24) is 0 Å². The molecule has 17 heavy (non-hydrogen) atoms. The standard InChI is InChI=1S/C10H12N2O5/c1-16-9-4-6(8(13)5-11)3-7(12(14)15)10(9)17-2/h3-4H,5,11H2,1-2H3. The molecular formula is C10H12N2O5. The largest absolute Gasteiger partial charge is 0.493 e. The zero-order valence-corrected chi connectivity index (χ0v) is 9.43. The minimum atomic E-state index is -0.644. The van der Waals surface area contributed by atoms with E-state index in [-0.39, 0.29) is 29.3 Å². The molecule has 0 fully saturated rings. The maximum absolute atomic E-state index is 11.4. The average molecular weight is 240 g/mol. The van der Waals surface area contributed by atoms with Crippen LogP contribution in [0.1, 0.15) is 10.4 Å². The summed E-state index contributed by atoms with van der Waals surface area (Å²) < 4.78 is 9.83. The number of hydrogen-bond donors (Lipinski definition) is 1. The fourth-order valence-electron chi connectivity index (χ4n) is 1.36. The Kier molecular flexibility index (Phi) is 4.00. The molecule has 0 spiro atoms. The van der Waals surface area contributed by atoms with Crippen LogP contribution in [-0.2, 0) is 0 Å². The minimum Gasteiger partial charge on any atom is -0.493 e. The van der Waals surface area contributed by atoms with Crippen LogP contribution in [0.2, 0.25) is 0 Å². The van der Waals surface area contributed by atoms with Crippen LogP contribution in [0.3, 0.4) is 0 Å². The number of carbonyl (C=O) groups is 1. The maximum atomic E-state index is 11.4. The third-order valence-electron chi connectivity index (χ3n) is 2.16. The predicted octanol–water partition coefficient (Wildman–Crippen LogP) is 0.753. The molecule has 7 nitrogen and oxygen atoms in total. The van der Waals surface area contributed by atoms with Crippen molar-refractivity contribution in [2.45, 2.75) is 0 Å². The van der Waals surface area contributed by atoms with Gasteiger partial charge < -0.3 is 15.2 Å². The van der Waals surface area contributed by atoms with Crippen LogP contribution < -0.4 is 15.2 Å². The molecule has 0 atom stereocenters. The van der Waals surface area contributed by atoms with Crippen LogP contribution in [0, 0.1) is 10.1 Å². The summed E-state index contributed by atoms with van der Waals surface area (Å²) in [6, 6.07) is 2.48. The van der Waals surface area contributed by atoms with Gasteiger partial charge in [0.1, 0.15) is 0 Å². The molecule has 7 heteroatoms. The number of ketones is 1. The van der Waals surface area contributed by atoms with Gasteiger partial charge in [0.05, 0.1) is 25.7 Å². The van der Waals surface area contributed by atoms with Gasteiger partial charge in [-0.05, 0) is 6.07 Å². The first-order valence-corrected chi connectivity index (χ1v) is 4.68. The molecule has 0 bridgehead atoms. The number of nitrogens with two attached hydrogens (primary N) is 1. The molecule has 0 saturated carbocycles. The Morgan fingerprint density at radius 3 is 2.47 bits per heavy atom. The van der Waals surface area contributed by atoms with Crippen molar-refractivity contribution in [3.8, 4) is 11.5 Å². The van der Waals surface area contributed by atoms with Crippen LogP contribution in [-0.4, -0.2) is 31.5 Å². The zero-order valence-electron chi connectivity index (χ0n) is 9.43.